The second kappa shape index (κ2) is 4.54. The molecule has 5 heteroatoms. The topological polar surface area (TPSA) is 80.4 Å². The lowest BCUT2D eigenvalue weighted by Gasteiger charge is -2.17. The number of nitro groups is 1. The van der Waals surface area contributed by atoms with E-state index in [4.69, 9.17) is 0 Å². The maximum absolute atomic E-state index is 12.1. The maximum Gasteiger partial charge on any atom is 0.346 e. The average molecular weight is 245 g/mol. The molecule has 1 N–H and O–H groups in total. The Bertz CT molecular complexity index is 547. The van der Waals surface area contributed by atoms with E-state index in [1.54, 1.807) is 30.3 Å². The third-order valence-electron chi connectivity index (χ3n) is 2.72. The summed E-state index contributed by atoms with van der Waals surface area (Å²) in [5.41, 5.74) is -1.62. The van der Waals surface area contributed by atoms with Crippen molar-refractivity contribution in [3.63, 3.8) is 0 Å². The normalized spacial score (nSPS) is 22.4. The van der Waals surface area contributed by atoms with Gasteiger partial charge in [0.05, 0.1) is 11.3 Å². The lowest BCUT2D eigenvalue weighted by Crippen LogP contribution is -2.37. The first-order chi connectivity index (χ1) is 8.53. The number of benzene rings is 1. The molecular formula is C13H11NO4. The van der Waals surface area contributed by atoms with Crippen molar-refractivity contribution in [3.05, 3.63) is 69.8 Å². The van der Waals surface area contributed by atoms with Gasteiger partial charge in [-0.25, -0.2) is 0 Å². The van der Waals surface area contributed by atoms with Crippen LogP contribution in [0.25, 0.3) is 0 Å². The summed E-state index contributed by atoms with van der Waals surface area (Å²) in [6.07, 6.45) is 3.79. The number of allylic oxidation sites excluding steroid dienone is 2. The van der Waals surface area contributed by atoms with E-state index in [0.717, 1.165) is 6.08 Å². The number of nitrogens with zero attached hydrogens (tertiary/aromatic N) is 1. The molecule has 1 aromatic carbocycles. The van der Waals surface area contributed by atoms with Crippen molar-refractivity contribution in [1.29, 1.82) is 0 Å². The highest BCUT2D eigenvalue weighted by Crippen LogP contribution is 2.24. The highest BCUT2D eigenvalue weighted by Gasteiger charge is 2.39. The van der Waals surface area contributed by atoms with Crippen LogP contribution in [0.3, 0.4) is 0 Å². The van der Waals surface area contributed by atoms with Crippen LogP contribution in [0.5, 0.6) is 0 Å². The van der Waals surface area contributed by atoms with E-state index in [0.29, 0.717) is 5.56 Å². The molecule has 0 fully saturated rings. The second-order valence-electron chi connectivity index (χ2n) is 4.04. The zero-order valence-electron chi connectivity index (χ0n) is 9.45. The van der Waals surface area contributed by atoms with Gasteiger partial charge in [-0.2, -0.15) is 0 Å². The molecule has 1 aromatic rings. The van der Waals surface area contributed by atoms with Crippen LogP contribution in [0, 0.1) is 10.1 Å². The van der Waals surface area contributed by atoms with Crippen molar-refractivity contribution in [3.8, 4) is 0 Å². The Morgan fingerprint density at radius 3 is 2.61 bits per heavy atom. The van der Waals surface area contributed by atoms with Gasteiger partial charge in [0.2, 0.25) is 0 Å². The summed E-state index contributed by atoms with van der Waals surface area (Å²) < 4.78 is 0. The van der Waals surface area contributed by atoms with Crippen LogP contribution in [-0.4, -0.2) is 21.5 Å². The van der Waals surface area contributed by atoms with Crippen molar-refractivity contribution in [2.45, 2.75) is 12.1 Å². The average Bonchev–Trinajstić information content (AvgIpc) is 2.39. The molecule has 1 atom stereocenters. The van der Waals surface area contributed by atoms with Crippen LogP contribution in [0.15, 0.2) is 54.1 Å². The van der Waals surface area contributed by atoms with E-state index in [1.807, 2.05) is 0 Å². The summed E-state index contributed by atoms with van der Waals surface area (Å²) in [5.74, 6) is -0.341. The van der Waals surface area contributed by atoms with Gasteiger partial charge in [0.25, 0.3) is 0 Å². The van der Waals surface area contributed by atoms with E-state index in [9.17, 15) is 20.0 Å². The molecule has 0 saturated heterocycles. The van der Waals surface area contributed by atoms with Gasteiger partial charge in [-0.05, 0) is 0 Å². The Labute approximate surface area is 103 Å². The first-order valence-electron chi connectivity index (χ1n) is 5.39. The Kier molecular flexibility index (Phi) is 3.08. The zero-order valence-corrected chi connectivity index (χ0v) is 9.45. The lowest BCUT2D eigenvalue weighted by atomic mass is 9.94. The molecule has 0 radical (unpaired) electrons. The zero-order chi connectivity index (χ0) is 13.2. The van der Waals surface area contributed by atoms with E-state index in [-0.39, 0.29) is 17.8 Å². The number of aliphatic hydroxyl groups is 1. The summed E-state index contributed by atoms with van der Waals surface area (Å²) in [4.78, 5) is 22.0. The quantitative estimate of drug-likeness (QED) is 0.380. The van der Waals surface area contributed by atoms with E-state index < -0.39 is 10.6 Å². The summed E-state index contributed by atoms with van der Waals surface area (Å²) in [7, 11) is 0. The molecule has 0 aromatic heterocycles. The minimum atomic E-state index is -2.19. The number of rotatable bonds is 3. The van der Waals surface area contributed by atoms with Crippen molar-refractivity contribution in [1.82, 2.24) is 0 Å². The predicted molar refractivity (Wildman–Crippen MR) is 64.6 cm³/mol. The molecule has 0 spiro atoms. The molecule has 92 valence electrons. The van der Waals surface area contributed by atoms with Gasteiger partial charge >= 0.3 is 5.72 Å². The smallest absolute Gasteiger partial charge is 0.327 e. The van der Waals surface area contributed by atoms with Gasteiger partial charge in [-0.1, -0.05) is 42.5 Å². The van der Waals surface area contributed by atoms with Crippen molar-refractivity contribution in [2.75, 3.05) is 0 Å². The molecule has 18 heavy (non-hydrogen) atoms. The number of ketones is 1. The molecule has 0 heterocycles. The van der Waals surface area contributed by atoms with Gasteiger partial charge in [-0.15, -0.1) is 0 Å². The minimum absolute atomic E-state index is 0.131. The number of hydrogen-bond acceptors (Lipinski definition) is 4. The molecular weight excluding hydrogens is 234 g/mol. The molecule has 1 aliphatic carbocycles. The van der Waals surface area contributed by atoms with Crippen LogP contribution in [0.2, 0.25) is 0 Å². The highest BCUT2D eigenvalue weighted by molar-refractivity contribution is 6.10. The minimum Gasteiger partial charge on any atom is -0.327 e. The van der Waals surface area contributed by atoms with Crippen molar-refractivity contribution < 1.29 is 14.8 Å². The summed E-state index contributed by atoms with van der Waals surface area (Å²) in [5, 5.41) is 20.5. The van der Waals surface area contributed by atoms with Crippen LogP contribution < -0.4 is 0 Å². The monoisotopic (exact) mass is 245 g/mol. The largest absolute Gasteiger partial charge is 0.346 e. The summed E-state index contributed by atoms with van der Waals surface area (Å²) in [6.45, 7) is 0. The number of carbonyl (C=O) groups is 1. The third-order valence-corrected chi connectivity index (χ3v) is 2.72. The molecule has 0 amide bonds. The third kappa shape index (κ3) is 2.21. The molecule has 0 aliphatic heterocycles. The summed E-state index contributed by atoms with van der Waals surface area (Å²) >= 11 is 0. The Morgan fingerprint density at radius 2 is 2.00 bits per heavy atom. The maximum atomic E-state index is 12.1. The molecule has 2 rings (SSSR count). The summed E-state index contributed by atoms with van der Waals surface area (Å²) in [6, 6.07) is 8.43. The van der Waals surface area contributed by atoms with Crippen LogP contribution in [0.1, 0.15) is 16.8 Å². The Morgan fingerprint density at radius 1 is 1.33 bits per heavy atom. The fraction of sp³-hybridized carbons (Fsp3) is 0.154. The number of hydrogen-bond donors (Lipinski definition) is 1. The molecule has 0 saturated carbocycles. The van der Waals surface area contributed by atoms with Crippen molar-refractivity contribution in [2.24, 2.45) is 0 Å². The fourth-order valence-electron chi connectivity index (χ4n) is 1.74. The highest BCUT2D eigenvalue weighted by atomic mass is 16.7. The van der Waals surface area contributed by atoms with Gasteiger partial charge in [0.15, 0.2) is 5.78 Å². The lowest BCUT2D eigenvalue weighted by molar-refractivity contribution is -0.607. The predicted octanol–water partition coefficient (Wildman–Crippen LogP) is 1.72. The second-order valence-corrected chi connectivity index (χ2v) is 4.04. The SMILES string of the molecule is O=C(C1=CC(O)([N+](=O)[O-])CC=C1)c1ccccc1. The Hall–Kier alpha value is -2.27. The van der Waals surface area contributed by atoms with Gasteiger partial charge in [0, 0.05) is 17.2 Å². The molecule has 5 nitrogen and oxygen atoms in total. The van der Waals surface area contributed by atoms with Crippen LogP contribution >= 0.6 is 0 Å². The van der Waals surface area contributed by atoms with Gasteiger partial charge < -0.3 is 5.11 Å². The van der Waals surface area contributed by atoms with E-state index >= 15 is 0 Å². The first-order valence-corrected chi connectivity index (χ1v) is 5.39. The van der Waals surface area contributed by atoms with Crippen molar-refractivity contribution >= 4 is 5.78 Å². The number of Topliss-reactive ketones (excluding diaryl/α,β-unsaturated/α-hetero) is 1. The van der Waals surface area contributed by atoms with E-state index in [2.05, 4.69) is 0 Å². The fourth-order valence-corrected chi connectivity index (χ4v) is 1.74. The first kappa shape index (κ1) is 12.2. The molecule has 1 unspecified atom stereocenters. The van der Waals surface area contributed by atoms with Gasteiger partial charge in [-0.3, -0.25) is 14.9 Å². The van der Waals surface area contributed by atoms with Crippen LogP contribution in [-0.2, 0) is 0 Å². The van der Waals surface area contributed by atoms with Crippen LogP contribution in [0.4, 0.5) is 0 Å². The molecule has 1 aliphatic rings. The molecule has 0 bridgehead atoms. The number of carbonyl (C=O) groups excluding carboxylic acids is 1. The standard InChI is InChI=1S/C13H11NO4/c15-12(10-5-2-1-3-6-10)11-7-4-8-13(16,9-11)14(17)18/h1-7,9,16H,8H2. The Balaban J connectivity index is 2.34. The van der Waals surface area contributed by atoms with E-state index in [1.165, 1.54) is 12.2 Å². The van der Waals surface area contributed by atoms with Gasteiger partial charge in [0.1, 0.15) is 0 Å².